The lowest BCUT2D eigenvalue weighted by atomic mass is 10.0. The first-order valence-corrected chi connectivity index (χ1v) is 4.14. The van der Waals surface area contributed by atoms with Crippen LogP contribution in [0.25, 0.3) is 10.4 Å². The highest BCUT2D eigenvalue weighted by atomic mass is 16.5. The summed E-state index contributed by atoms with van der Waals surface area (Å²) < 4.78 is 5.42. The van der Waals surface area contributed by atoms with E-state index in [0.717, 1.165) is 11.3 Å². The molecule has 0 saturated heterocycles. The molecule has 1 heterocycles. The molecule has 0 amide bonds. The van der Waals surface area contributed by atoms with Gasteiger partial charge in [0, 0.05) is 22.9 Å². The van der Waals surface area contributed by atoms with Gasteiger partial charge in [-0.1, -0.05) is 23.3 Å². The molecule has 0 bridgehead atoms. The Hall–Kier alpha value is -1.67. The average Bonchev–Trinajstić information content (AvgIpc) is 2.58. The summed E-state index contributed by atoms with van der Waals surface area (Å²) in [7, 11) is 0. The van der Waals surface area contributed by atoms with Gasteiger partial charge in [-0.25, -0.2) is 0 Å². The molecular weight excluding hydrogens is 166 g/mol. The Balaban J connectivity index is 2.23. The third-order valence-electron chi connectivity index (χ3n) is 2.16. The SMILES string of the molecule is [N-]=[N+]=NCC1COc2ccccc21. The fraction of sp³-hybridized carbons (Fsp3) is 0.333. The van der Waals surface area contributed by atoms with Crippen LogP contribution in [0.4, 0.5) is 0 Å². The Morgan fingerprint density at radius 2 is 2.38 bits per heavy atom. The molecule has 0 aliphatic carbocycles. The summed E-state index contributed by atoms with van der Waals surface area (Å²) >= 11 is 0. The number of hydrogen-bond donors (Lipinski definition) is 0. The number of azide groups is 1. The summed E-state index contributed by atoms with van der Waals surface area (Å²) in [6.07, 6.45) is 0. The second-order valence-electron chi connectivity index (χ2n) is 2.96. The molecule has 2 rings (SSSR count). The zero-order valence-electron chi connectivity index (χ0n) is 7.05. The fourth-order valence-electron chi connectivity index (χ4n) is 1.52. The van der Waals surface area contributed by atoms with Crippen LogP contribution in [0.1, 0.15) is 11.5 Å². The Kier molecular flexibility index (Phi) is 2.06. The molecular formula is C9H9N3O. The highest BCUT2D eigenvalue weighted by Gasteiger charge is 2.22. The smallest absolute Gasteiger partial charge is 0.122 e. The van der Waals surface area contributed by atoms with Crippen LogP contribution in [0.3, 0.4) is 0 Å². The fourth-order valence-corrected chi connectivity index (χ4v) is 1.52. The van der Waals surface area contributed by atoms with E-state index in [2.05, 4.69) is 10.0 Å². The number of para-hydroxylation sites is 1. The predicted octanol–water partition coefficient (Wildman–Crippen LogP) is 2.47. The first-order chi connectivity index (χ1) is 6.42. The summed E-state index contributed by atoms with van der Waals surface area (Å²) in [5.41, 5.74) is 9.34. The molecule has 0 radical (unpaired) electrons. The van der Waals surface area contributed by atoms with Crippen molar-refractivity contribution in [3.05, 3.63) is 40.3 Å². The lowest BCUT2D eigenvalue weighted by molar-refractivity contribution is 0.333. The van der Waals surface area contributed by atoms with E-state index in [1.165, 1.54) is 0 Å². The summed E-state index contributed by atoms with van der Waals surface area (Å²) in [5.74, 6) is 1.15. The number of fused-ring (bicyclic) bond motifs is 1. The van der Waals surface area contributed by atoms with Gasteiger partial charge in [0.05, 0.1) is 6.61 Å². The van der Waals surface area contributed by atoms with Gasteiger partial charge in [0.1, 0.15) is 5.75 Å². The van der Waals surface area contributed by atoms with Gasteiger partial charge in [-0.15, -0.1) is 0 Å². The Morgan fingerprint density at radius 1 is 1.54 bits per heavy atom. The van der Waals surface area contributed by atoms with E-state index >= 15 is 0 Å². The van der Waals surface area contributed by atoms with Crippen LogP contribution in [0, 0.1) is 0 Å². The average molecular weight is 175 g/mol. The number of hydrogen-bond acceptors (Lipinski definition) is 2. The molecule has 0 saturated carbocycles. The molecule has 1 aromatic rings. The highest BCUT2D eigenvalue weighted by Crippen LogP contribution is 2.33. The third-order valence-corrected chi connectivity index (χ3v) is 2.16. The number of nitrogens with zero attached hydrogens (tertiary/aromatic N) is 3. The van der Waals surface area contributed by atoms with Gasteiger partial charge in [0.2, 0.25) is 0 Å². The lowest BCUT2D eigenvalue weighted by Gasteiger charge is -2.02. The van der Waals surface area contributed by atoms with Crippen molar-refractivity contribution in [3.8, 4) is 5.75 Å². The Bertz CT molecular complexity index is 358. The molecule has 0 N–H and O–H groups in total. The van der Waals surface area contributed by atoms with Crippen molar-refractivity contribution in [2.24, 2.45) is 5.11 Å². The van der Waals surface area contributed by atoms with Crippen molar-refractivity contribution in [1.82, 2.24) is 0 Å². The number of rotatable bonds is 2. The van der Waals surface area contributed by atoms with E-state index < -0.39 is 0 Å². The van der Waals surface area contributed by atoms with Crippen molar-refractivity contribution < 1.29 is 4.74 Å². The van der Waals surface area contributed by atoms with Gasteiger partial charge in [0.15, 0.2) is 0 Å². The second-order valence-corrected chi connectivity index (χ2v) is 2.96. The summed E-state index contributed by atoms with van der Waals surface area (Å²) in [6, 6.07) is 7.86. The van der Waals surface area contributed by atoms with Gasteiger partial charge >= 0.3 is 0 Å². The van der Waals surface area contributed by atoms with Crippen LogP contribution in [0.5, 0.6) is 5.75 Å². The van der Waals surface area contributed by atoms with Gasteiger partial charge in [-0.05, 0) is 11.6 Å². The molecule has 13 heavy (non-hydrogen) atoms. The van der Waals surface area contributed by atoms with Crippen LogP contribution >= 0.6 is 0 Å². The van der Waals surface area contributed by atoms with Crippen molar-refractivity contribution in [2.45, 2.75) is 5.92 Å². The molecule has 66 valence electrons. The van der Waals surface area contributed by atoms with Crippen molar-refractivity contribution in [2.75, 3.05) is 13.2 Å². The molecule has 4 heteroatoms. The van der Waals surface area contributed by atoms with Crippen molar-refractivity contribution in [3.63, 3.8) is 0 Å². The van der Waals surface area contributed by atoms with Crippen LogP contribution in [0.15, 0.2) is 29.4 Å². The Morgan fingerprint density at radius 3 is 3.23 bits per heavy atom. The van der Waals surface area contributed by atoms with Crippen LogP contribution in [-0.4, -0.2) is 13.2 Å². The van der Waals surface area contributed by atoms with E-state index in [1.807, 2.05) is 24.3 Å². The van der Waals surface area contributed by atoms with Crippen molar-refractivity contribution >= 4 is 0 Å². The van der Waals surface area contributed by atoms with E-state index in [4.69, 9.17) is 10.3 Å². The molecule has 1 atom stereocenters. The van der Waals surface area contributed by atoms with Gasteiger partial charge in [-0.3, -0.25) is 0 Å². The van der Waals surface area contributed by atoms with Gasteiger partial charge in [-0.2, -0.15) is 0 Å². The quantitative estimate of drug-likeness (QED) is 0.387. The second kappa shape index (κ2) is 3.37. The summed E-state index contributed by atoms with van der Waals surface area (Å²) in [6.45, 7) is 1.10. The van der Waals surface area contributed by atoms with E-state index in [0.29, 0.717) is 13.2 Å². The minimum Gasteiger partial charge on any atom is -0.493 e. The molecule has 1 aliphatic heterocycles. The molecule has 0 spiro atoms. The van der Waals surface area contributed by atoms with E-state index in [9.17, 15) is 0 Å². The first-order valence-electron chi connectivity index (χ1n) is 4.14. The Labute approximate surface area is 75.8 Å². The molecule has 1 aliphatic rings. The van der Waals surface area contributed by atoms with E-state index in [-0.39, 0.29) is 5.92 Å². The first kappa shape index (κ1) is 7.95. The normalized spacial score (nSPS) is 18.6. The number of benzene rings is 1. The van der Waals surface area contributed by atoms with Crippen LogP contribution in [-0.2, 0) is 0 Å². The third kappa shape index (κ3) is 1.44. The standard InChI is InChI=1S/C9H9N3O/c10-12-11-5-7-6-13-9-4-2-1-3-8(7)9/h1-4,7H,5-6H2. The minimum absolute atomic E-state index is 0.229. The topological polar surface area (TPSA) is 58.0 Å². The maximum Gasteiger partial charge on any atom is 0.122 e. The zero-order chi connectivity index (χ0) is 9.10. The molecule has 4 nitrogen and oxygen atoms in total. The summed E-state index contributed by atoms with van der Waals surface area (Å²) in [5, 5.41) is 3.55. The predicted molar refractivity (Wildman–Crippen MR) is 48.7 cm³/mol. The maximum atomic E-state index is 8.19. The van der Waals surface area contributed by atoms with Crippen molar-refractivity contribution in [1.29, 1.82) is 0 Å². The number of ether oxygens (including phenoxy) is 1. The van der Waals surface area contributed by atoms with Gasteiger partial charge < -0.3 is 4.74 Å². The lowest BCUT2D eigenvalue weighted by Crippen LogP contribution is -2.03. The maximum absolute atomic E-state index is 8.19. The molecule has 0 fully saturated rings. The van der Waals surface area contributed by atoms with Crippen LogP contribution < -0.4 is 4.74 Å². The highest BCUT2D eigenvalue weighted by molar-refractivity contribution is 5.39. The largest absolute Gasteiger partial charge is 0.493 e. The summed E-state index contributed by atoms with van der Waals surface area (Å²) in [4.78, 5) is 2.74. The van der Waals surface area contributed by atoms with Gasteiger partial charge in [0.25, 0.3) is 0 Å². The molecule has 1 unspecified atom stereocenters. The molecule has 1 aromatic carbocycles. The molecule has 0 aromatic heterocycles. The zero-order valence-corrected chi connectivity index (χ0v) is 7.05. The van der Waals surface area contributed by atoms with Crippen LogP contribution in [0.2, 0.25) is 0 Å². The minimum atomic E-state index is 0.229. The van der Waals surface area contributed by atoms with E-state index in [1.54, 1.807) is 0 Å². The monoisotopic (exact) mass is 175 g/mol.